The lowest BCUT2D eigenvalue weighted by atomic mass is 9.93. The topological polar surface area (TPSA) is 57.9 Å². The molecule has 0 amide bonds. The van der Waals surface area contributed by atoms with Crippen LogP contribution in [0.1, 0.15) is 38.8 Å². The fraction of sp³-hybridized carbons (Fsp3) is 0.583. The van der Waals surface area contributed by atoms with Gasteiger partial charge in [-0.15, -0.1) is 0 Å². The number of piperidine rings is 1. The van der Waals surface area contributed by atoms with E-state index in [1.807, 2.05) is 19.6 Å². The molecule has 1 aliphatic heterocycles. The molecule has 2 aromatic rings. The van der Waals surface area contributed by atoms with Gasteiger partial charge in [0, 0.05) is 45.6 Å². The minimum atomic E-state index is 0.419. The highest BCUT2D eigenvalue weighted by molar-refractivity contribution is 5.80. The first-order valence-electron chi connectivity index (χ1n) is 11.5. The highest BCUT2D eigenvalue weighted by Crippen LogP contribution is 2.27. The number of benzene rings is 1. The smallest absolute Gasteiger partial charge is 0.193 e. The standard InChI is InChI=1S/C24H38N6O/c1-5-28(6-2)15-16-31-22-9-7-21(8-10-22)17-27-24(25-4)29-13-11-20(3)23(18-29)30-14-12-26-19-30/h7-10,12,14,19-20,23H,5-6,11,13,15-18H2,1-4H3,(H,25,27). The van der Waals surface area contributed by atoms with Crippen LogP contribution in [0.4, 0.5) is 0 Å². The number of aromatic nitrogens is 2. The maximum atomic E-state index is 5.89. The normalized spacial score (nSPS) is 19.6. The number of rotatable bonds is 9. The van der Waals surface area contributed by atoms with Crippen molar-refractivity contribution in [3.63, 3.8) is 0 Å². The summed E-state index contributed by atoms with van der Waals surface area (Å²) in [5.41, 5.74) is 1.22. The van der Waals surface area contributed by atoms with Crippen LogP contribution in [0.15, 0.2) is 48.0 Å². The molecule has 1 aromatic heterocycles. The molecule has 1 saturated heterocycles. The van der Waals surface area contributed by atoms with Crippen LogP contribution >= 0.6 is 0 Å². The van der Waals surface area contributed by atoms with E-state index in [1.165, 1.54) is 5.56 Å². The van der Waals surface area contributed by atoms with Gasteiger partial charge >= 0.3 is 0 Å². The van der Waals surface area contributed by atoms with E-state index in [9.17, 15) is 0 Å². The predicted molar refractivity (Wildman–Crippen MR) is 127 cm³/mol. The summed E-state index contributed by atoms with van der Waals surface area (Å²) in [4.78, 5) is 13.5. The molecule has 31 heavy (non-hydrogen) atoms. The first kappa shape index (κ1) is 23.1. The summed E-state index contributed by atoms with van der Waals surface area (Å²) in [6.45, 7) is 13.2. The van der Waals surface area contributed by atoms with Gasteiger partial charge in [0.2, 0.25) is 0 Å². The number of guanidine groups is 1. The van der Waals surface area contributed by atoms with Crippen LogP contribution < -0.4 is 10.1 Å². The Bertz CT molecular complexity index is 785. The van der Waals surface area contributed by atoms with Gasteiger partial charge in [-0.25, -0.2) is 4.98 Å². The molecular weight excluding hydrogens is 388 g/mol. The maximum absolute atomic E-state index is 5.89. The maximum Gasteiger partial charge on any atom is 0.193 e. The zero-order valence-corrected chi connectivity index (χ0v) is 19.5. The van der Waals surface area contributed by atoms with E-state index < -0.39 is 0 Å². The molecule has 0 radical (unpaired) electrons. The second-order valence-electron chi connectivity index (χ2n) is 8.21. The Kier molecular flexibility index (Phi) is 8.76. The number of nitrogens with one attached hydrogen (secondary N) is 1. The Hall–Kier alpha value is -2.54. The Morgan fingerprint density at radius 3 is 2.68 bits per heavy atom. The number of likely N-dealkylation sites (N-methyl/N-ethyl adjacent to an activating group) is 1. The van der Waals surface area contributed by atoms with Crippen molar-refractivity contribution in [1.82, 2.24) is 24.7 Å². The van der Waals surface area contributed by atoms with Gasteiger partial charge in [0.1, 0.15) is 12.4 Å². The quantitative estimate of drug-likeness (QED) is 0.493. The van der Waals surface area contributed by atoms with Gasteiger partial charge in [-0.3, -0.25) is 4.99 Å². The number of nitrogens with zero attached hydrogens (tertiary/aromatic N) is 5. The summed E-state index contributed by atoms with van der Waals surface area (Å²) >= 11 is 0. The van der Waals surface area contributed by atoms with Crippen LogP contribution in [0.25, 0.3) is 0 Å². The van der Waals surface area contributed by atoms with Crippen LogP contribution in [-0.4, -0.2) is 71.7 Å². The zero-order chi connectivity index (χ0) is 22.1. The summed E-state index contributed by atoms with van der Waals surface area (Å²) in [6.07, 6.45) is 6.98. The number of hydrogen-bond acceptors (Lipinski definition) is 4. The Labute approximate surface area is 187 Å². The van der Waals surface area contributed by atoms with E-state index in [4.69, 9.17) is 4.74 Å². The second kappa shape index (κ2) is 11.7. The van der Waals surface area contributed by atoms with Crippen molar-refractivity contribution in [1.29, 1.82) is 0 Å². The Morgan fingerprint density at radius 1 is 1.26 bits per heavy atom. The SMILES string of the molecule is CCN(CC)CCOc1ccc(CNC(=NC)N2CCC(C)C(n3ccnc3)C2)cc1. The molecule has 0 bridgehead atoms. The average Bonchev–Trinajstić information content (AvgIpc) is 3.34. The number of imidazole rings is 1. The molecule has 2 unspecified atom stereocenters. The van der Waals surface area contributed by atoms with Crippen molar-refractivity contribution in [2.24, 2.45) is 10.9 Å². The fourth-order valence-electron chi connectivity index (χ4n) is 4.14. The van der Waals surface area contributed by atoms with Gasteiger partial charge in [0.25, 0.3) is 0 Å². The molecular formula is C24H38N6O. The molecule has 0 aliphatic carbocycles. The van der Waals surface area contributed by atoms with Crippen molar-refractivity contribution < 1.29 is 4.74 Å². The summed E-state index contributed by atoms with van der Waals surface area (Å²) in [7, 11) is 1.86. The predicted octanol–water partition coefficient (Wildman–Crippen LogP) is 3.26. The Morgan fingerprint density at radius 2 is 2.03 bits per heavy atom. The summed E-state index contributed by atoms with van der Waals surface area (Å²) in [5, 5.41) is 3.53. The van der Waals surface area contributed by atoms with E-state index in [1.54, 1.807) is 0 Å². The lowest BCUT2D eigenvalue weighted by molar-refractivity contribution is 0.189. The van der Waals surface area contributed by atoms with Crippen LogP contribution in [0, 0.1) is 5.92 Å². The Balaban J connectivity index is 1.49. The minimum absolute atomic E-state index is 0.419. The molecule has 0 saturated carbocycles. The highest BCUT2D eigenvalue weighted by atomic mass is 16.5. The second-order valence-corrected chi connectivity index (χ2v) is 8.21. The molecule has 1 aliphatic rings. The van der Waals surface area contributed by atoms with Crippen molar-refractivity contribution in [2.45, 2.75) is 39.8 Å². The van der Waals surface area contributed by atoms with Crippen molar-refractivity contribution in [3.8, 4) is 5.75 Å². The average molecular weight is 427 g/mol. The zero-order valence-electron chi connectivity index (χ0n) is 19.5. The minimum Gasteiger partial charge on any atom is -0.492 e. The summed E-state index contributed by atoms with van der Waals surface area (Å²) in [5.74, 6) is 2.50. The lowest BCUT2D eigenvalue weighted by Gasteiger charge is -2.39. The first-order chi connectivity index (χ1) is 15.1. The van der Waals surface area contributed by atoms with Crippen molar-refractivity contribution in [2.75, 3.05) is 46.4 Å². The molecule has 2 atom stereocenters. The van der Waals surface area contributed by atoms with Crippen LogP contribution in [0.2, 0.25) is 0 Å². The molecule has 170 valence electrons. The van der Waals surface area contributed by atoms with Gasteiger partial charge in [0.15, 0.2) is 5.96 Å². The van der Waals surface area contributed by atoms with E-state index in [-0.39, 0.29) is 0 Å². The molecule has 1 fully saturated rings. The molecule has 7 nitrogen and oxygen atoms in total. The third-order valence-corrected chi connectivity index (χ3v) is 6.28. The van der Waals surface area contributed by atoms with Gasteiger partial charge in [-0.05, 0) is 43.1 Å². The van der Waals surface area contributed by atoms with Crippen molar-refractivity contribution in [3.05, 3.63) is 48.5 Å². The lowest BCUT2D eigenvalue weighted by Crippen LogP contribution is -2.48. The summed E-state index contributed by atoms with van der Waals surface area (Å²) < 4.78 is 8.12. The van der Waals surface area contributed by atoms with Gasteiger partial charge in [-0.1, -0.05) is 32.9 Å². The molecule has 1 aromatic carbocycles. The number of aliphatic imine (C=N–C) groups is 1. The van der Waals surface area contributed by atoms with Crippen LogP contribution in [0.5, 0.6) is 5.75 Å². The molecule has 2 heterocycles. The van der Waals surface area contributed by atoms with Crippen LogP contribution in [0.3, 0.4) is 0 Å². The largest absolute Gasteiger partial charge is 0.492 e. The monoisotopic (exact) mass is 426 g/mol. The fourth-order valence-corrected chi connectivity index (χ4v) is 4.14. The molecule has 0 spiro atoms. The number of hydrogen-bond donors (Lipinski definition) is 1. The van der Waals surface area contributed by atoms with Gasteiger partial charge in [-0.2, -0.15) is 0 Å². The highest BCUT2D eigenvalue weighted by Gasteiger charge is 2.28. The summed E-state index contributed by atoms with van der Waals surface area (Å²) in [6, 6.07) is 8.78. The van der Waals surface area contributed by atoms with E-state index >= 15 is 0 Å². The van der Waals surface area contributed by atoms with Gasteiger partial charge in [0.05, 0.1) is 12.4 Å². The van der Waals surface area contributed by atoms with Crippen LogP contribution in [-0.2, 0) is 6.54 Å². The van der Waals surface area contributed by atoms with Gasteiger partial charge < -0.3 is 24.4 Å². The van der Waals surface area contributed by atoms with Crippen molar-refractivity contribution >= 4 is 5.96 Å². The third-order valence-electron chi connectivity index (χ3n) is 6.28. The molecule has 1 N–H and O–H groups in total. The first-order valence-corrected chi connectivity index (χ1v) is 11.5. The van der Waals surface area contributed by atoms with E-state index in [0.717, 1.165) is 64.0 Å². The third kappa shape index (κ3) is 6.47. The number of ether oxygens (including phenoxy) is 1. The van der Waals surface area contributed by atoms with E-state index in [2.05, 4.69) is 80.9 Å². The van der Waals surface area contributed by atoms with E-state index in [0.29, 0.717) is 12.0 Å². The number of likely N-dealkylation sites (tertiary alicyclic amines) is 1. The molecule has 3 rings (SSSR count). The molecule has 7 heteroatoms.